The molecule has 6 heteroatoms. The first-order chi connectivity index (χ1) is 8.74. The summed E-state index contributed by atoms with van der Waals surface area (Å²) in [4.78, 5) is 0. The predicted molar refractivity (Wildman–Crippen MR) is 75.5 cm³/mol. The Morgan fingerprint density at radius 3 is 2.74 bits per heavy atom. The number of sulfonamides is 1. The number of nitrogens with zero attached hydrogens (tertiary/aromatic N) is 2. The molecule has 0 bridgehead atoms. The summed E-state index contributed by atoms with van der Waals surface area (Å²) < 4.78 is 28.3. The third-order valence-corrected chi connectivity index (χ3v) is 4.92. The van der Waals surface area contributed by atoms with Gasteiger partial charge in [0.25, 0.3) is 0 Å². The number of hydrogen-bond donors (Lipinski definition) is 1. The fourth-order valence-corrected chi connectivity index (χ4v) is 3.40. The van der Waals surface area contributed by atoms with Crippen LogP contribution in [0.5, 0.6) is 0 Å². The van der Waals surface area contributed by atoms with Crippen molar-refractivity contribution >= 4 is 10.0 Å². The minimum absolute atomic E-state index is 0.0703. The van der Waals surface area contributed by atoms with Crippen LogP contribution in [0.4, 0.5) is 0 Å². The van der Waals surface area contributed by atoms with Crippen LogP contribution in [-0.2, 0) is 22.0 Å². The van der Waals surface area contributed by atoms with Crippen molar-refractivity contribution in [1.82, 2.24) is 14.5 Å². The molecular weight excluding hydrogens is 262 g/mol. The number of rotatable bonds is 3. The molecule has 0 aromatic carbocycles. The Balaban J connectivity index is 2.34. The Bertz CT molecular complexity index is 555. The molecule has 0 radical (unpaired) electrons. The monoisotopic (exact) mass is 285 g/mol. The fraction of sp³-hybridized carbons (Fsp3) is 0.769. The molecule has 108 valence electrons. The molecular formula is C13H23N3O2S. The van der Waals surface area contributed by atoms with Crippen LogP contribution in [0.15, 0.2) is 6.20 Å². The largest absolute Gasteiger partial charge is 0.264 e. The van der Waals surface area contributed by atoms with Gasteiger partial charge in [0.1, 0.15) is 0 Å². The molecule has 5 nitrogen and oxygen atoms in total. The normalized spacial score (nSPS) is 20.3. The topological polar surface area (TPSA) is 64.0 Å². The lowest BCUT2D eigenvalue weighted by atomic mass is 9.93. The van der Waals surface area contributed by atoms with Gasteiger partial charge in [0.2, 0.25) is 10.0 Å². The molecule has 1 aromatic heterocycles. The van der Waals surface area contributed by atoms with Crippen LogP contribution in [0.1, 0.15) is 57.8 Å². The minimum atomic E-state index is -3.18. The predicted octanol–water partition coefficient (Wildman–Crippen LogP) is 1.95. The zero-order valence-corrected chi connectivity index (χ0v) is 12.9. The van der Waals surface area contributed by atoms with Crippen LogP contribution >= 0.6 is 0 Å². The maximum Gasteiger partial charge on any atom is 0.211 e. The second-order valence-corrected chi connectivity index (χ2v) is 8.14. The van der Waals surface area contributed by atoms with Crippen molar-refractivity contribution in [3.63, 3.8) is 0 Å². The fourth-order valence-electron chi connectivity index (χ4n) is 2.56. The molecule has 1 heterocycles. The quantitative estimate of drug-likeness (QED) is 0.923. The van der Waals surface area contributed by atoms with E-state index < -0.39 is 10.0 Å². The molecule has 1 aliphatic carbocycles. The molecule has 0 spiro atoms. The SMILES string of the molecule is CCS(=O)(=O)NC1CCCc2c1cnn2C(C)(C)C. The lowest BCUT2D eigenvalue weighted by Gasteiger charge is -2.28. The first kappa shape index (κ1) is 14.5. The highest BCUT2D eigenvalue weighted by atomic mass is 32.2. The maximum atomic E-state index is 11.7. The number of aromatic nitrogens is 2. The zero-order valence-electron chi connectivity index (χ0n) is 12.1. The Morgan fingerprint density at radius 2 is 2.16 bits per heavy atom. The van der Waals surface area contributed by atoms with E-state index >= 15 is 0 Å². The molecule has 1 unspecified atom stereocenters. The molecule has 1 atom stereocenters. The number of nitrogens with one attached hydrogen (secondary N) is 1. The highest BCUT2D eigenvalue weighted by Gasteiger charge is 2.29. The van der Waals surface area contributed by atoms with Crippen LogP contribution in [0.3, 0.4) is 0 Å². The Labute approximate surface area is 115 Å². The molecule has 0 aliphatic heterocycles. The van der Waals surface area contributed by atoms with Crippen molar-refractivity contribution < 1.29 is 8.42 Å². The van der Waals surface area contributed by atoms with Gasteiger partial charge in [-0.05, 0) is 47.0 Å². The van der Waals surface area contributed by atoms with E-state index in [9.17, 15) is 8.42 Å². The molecule has 0 saturated heterocycles. The van der Waals surface area contributed by atoms with E-state index in [2.05, 4.69) is 30.6 Å². The van der Waals surface area contributed by atoms with Gasteiger partial charge in [-0.15, -0.1) is 0 Å². The van der Waals surface area contributed by atoms with E-state index in [0.717, 1.165) is 24.8 Å². The standard InChI is InChI=1S/C13H23N3O2S/c1-5-19(17,18)15-11-7-6-8-12-10(11)9-14-16(12)13(2,3)4/h9,11,15H,5-8H2,1-4H3. The van der Waals surface area contributed by atoms with E-state index in [1.165, 1.54) is 5.69 Å². The summed E-state index contributed by atoms with van der Waals surface area (Å²) >= 11 is 0. The molecule has 0 fully saturated rings. The van der Waals surface area contributed by atoms with Crippen LogP contribution in [0.2, 0.25) is 0 Å². The van der Waals surface area contributed by atoms with Gasteiger partial charge in [0, 0.05) is 11.3 Å². The second-order valence-electron chi connectivity index (χ2n) is 6.10. The van der Waals surface area contributed by atoms with E-state index in [1.807, 2.05) is 10.9 Å². The summed E-state index contributed by atoms with van der Waals surface area (Å²) in [7, 11) is -3.18. The van der Waals surface area contributed by atoms with E-state index in [-0.39, 0.29) is 17.3 Å². The van der Waals surface area contributed by atoms with Gasteiger partial charge in [-0.25, -0.2) is 13.1 Å². The smallest absolute Gasteiger partial charge is 0.211 e. The summed E-state index contributed by atoms with van der Waals surface area (Å²) in [5.74, 6) is 0.117. The van der Waals surface area contributed by atoms with Gasteiger partial charge in [-0.1, -0.05) is 0 Å². The van der Waals surface area contributed by atoms with Gasteiger partial charge in [0.15, 0.2) is 0 Å². The zero-order chi connectivity index (χ0) is 14.3. The van der Waals surface area contributed by atoms with Gasteiger partial charge in [0.05, 0.1) is 23.5 Å². The number of fused-ring (bicyclic) bond motifs is 1. The molecule has 1 aliphatic rings. The summed E-state index contributed by atoms with van der Waals surface area (Å²) in [6.45, 7) is 7.99. The summed E-state index contributed by atoms with van der Waals surface area (Å²) in [6, 6.07) is -0.121. The molecule has 0 amide bonds. The third kappa shape index (κ3) is 3.00. The van der Waals surface area contributed by atoms with Crippen molar-refractivity contribution in [2.45, 2.75) is 58.5 Å². The molecule has 19 heavy (non-hydrogen) atoms. The van der Waals surface area contributed by atoms with Gasteiger partial charge < -0.3 is 0 Å². The van der Waals surface area contributed by atoms with E-state index in [4.69, 9.17) is 0 Å². The highest BCUT2D eigenvalue weighted by Crippen LogP contribution is 2.32. The van der Waals surface area contributed by atoms with Crippen LogP contribution in [0, 0.1) is 0 Å². The third-order valence-electron chi connectivity index (χ3n) is 3.52. The van der Waals surface area contributed by atoms with Crippen molar-refractivity contribution in [2.75, 3.05) is 5.75 Å². The average molecular weight is 285 g/mol. The highest BCUT2D eigenvalue weighted by molar-refractivity contribution is 7.89. The average Bonchev–Trinajstić information content (AvgIpc) is 2.73. The van der Waals surface area contributed by atoms with Gasteiger partial charge >= 0.3 is 0 Å². The Kier molecular flexibility index (Phi) is 3.75. The molecule has 1 aromatic rings. The lowest BCUT2D eigenvalue weighted by molar-refractivity contribution is 0.336. The van der Waals surface area contributed by atoms with Crippen LogP contribution < -0.4 is 4.72 Å². The van der Waals surface area contributed by atoms with Gasteiger partial charge in [-0.3, -0.25) is 4.68 Å². The lowest BCUT2D eigenvalue weighted by Crippen LogP contribution is -2.33. The van der Waals surface area contributed by atoms with Crippen molar-refractivity contribution in [1.29, 1.82) is 0 Å². The van der Waals surface area contributed by atoms with E-state index in [1.54, 1.807) is 6.92 Å². The van der Waals surface area contributed by atoms with Crippen LogP contribution in [-0.4, -0.2) is 24.0 Å². The van der Waals surface area contributed by atoms with Gasteiger partial charge in [-0.2, -0.15) is 5.10 Å². The first-order valence-electron chi connectivity index (χ1n) is 6.82. The van der Waals surface area contributed by atoms with Crippen molar-refractivity contribution in [2.24, 2.45) is 0 Å². The summed E-state index contributed by atoms with van der Waals surface area (Å²) in [5.41, 5.74) is 2.14. The second kappa shape index (κ2) is 4.90. The maximum absolute atomic E-state index is 11.7. The van der Waals surface area contributed by atoms with Crippen molar-refractivity contribution in [3.8, 4) is 0 Å². The van der Waals surface area contributed by atoms with Crippen LogP contribution in [0.25, 0.3) is 0 Å². The van der Waals surface area contributed by atoms with E-state index in [0.29, 0.717) is 0 Å². The summed E-state index contributed by atoms with van der Waals surface area (Å²) in [5, 5.41) is 4.46. The first-order valence-corrected chi connectivity index (χ1v) is 8.47. The summed E-state index contributed by atoms with van der Waals surface area (Å²) in [6.07, 6.45) is 4.63. The Hall–Kier alpha value is -0.880. The Morgan fingerprint density at radius 1 is 1.47 bits per heavy atom. The minimum Gasteiger partial charge on any atom is -0.264 e. The van der Waals surface area contributed by atoms with Crippen molar-refractivity contribution in [3.05, 3.63) is 17.5 Å². The molecule has 1 N–H and O–H groups in total. The molecule has 0 saturated carbocycles. The molecule has 2 rings (SSSR count). The number of hydrogen-bond acceptors (Lipinski definition) is 3.